The average molecular weight is 868 g/mol. The van der Waals surface area contributed by atoms with Crippen LogP contribution in [0, 0.1) is 18.3 Å². The number of nitrogens with zero attached hydrogens (tertiary/aromatic N) is 3. The van der Waals surface area contributed by atoms with Crippen LogP contribution in [-0.4, -0.2) is 9.38 Å². The summed E-state index contributed by atoms with van der Waals surface area (Å²) in [6, 6.07) is 72.1. The molecule has 3 nitrogen and oxygen atoms in total. The molecule has 4 heterocycles. The number of pyridine rings is 1. The van der Waals surface area contributed by atoms with Gasteiger partial charge in [0.1, 0.15) is 4.83 Å². The summed E-state index contributed by atoms with van der Waals surface area (Å²) in [4.78, 5) is 6.30. The van der Waals surface area contributed by atoms with Gasteiger partial charge in [0.25, 0.3) is 0 Å². The van der Waals surface area contributed by atoms with Crippen molar-refractivity contribution in [3.63, 3.8) is 0 Å². The molecular weight excluding hydrogens is 831 g/mol. The fourth-order valence-electron chi connectivity index (χ4n) is 12.4. The highest BCUT2D eigenvalue weighted by Crippen LogP contribution is 2.60. The summed E-state index contributed by atoms with van der Waals surface area (Å²) in [5.41, 5.74) is 22.4. The van der Waals surface area contributed by atoms with Gasteiger partial charge >= 0.3 is 0 Å². The standard InChI is InChI=1S/C63H37N3S/c1-35-25-26-53-48(27-35)60-59-50-31-40(54-46(37-17-7-3-8-18-37)28-39(36-15-5-2-6-16-36)29-47(54)38-19-9-4-10-20-38)30-49-58-51(66(62(49)50)52(59)34-65-63(60)67-53)32-41(33-64)55-56-42-21-11-13-23-44(42)57(61(55)58)45-24-14-12-22-43(45)56/h2-32,34,56-57H,1H3. The van der Waals surface area contributed by atoms with Gasteiger partial charge in [-0.15, -0.1) is 11.3 Å². The monoisotopic (exact) mass is 867 g/mol. The Kier molecular flexibility index (Phi) is 7.49. The van der Waals surface area contributed by atoms with Gasteiger partial charge < -0.3 is 4.40 Å². The van der Waals surface area contributed by atoms with Crippen LogP contribution in [0.2, 0.25) is 0 Å². The maximum atomic E-state index is 11.3. The fraction of sp³-hybridized carbons (Fsp3) is 0.0476. The zero-order chi connectivity index (χ0) is 44.1. The first-order valence-corrected chi connectivity index (χ1v) is 23.9. The predicted molar refractivity (Wildman–Crippen MR) is 278 cm³/mol. The number of rotatable bonds is 4. The summed E-state index contributed by atoms with van der Waals surface area (Å²) >= 11 is 1.77. The van der Waals surface area contributed by atoms with E-state index in [0.717, 1.165) is 32.6 Å². The Bertz CT molecular complexity index is 4180. The smallest absolute Gasteiger partial charge is 0.125 e. The second kappa shape index (κ2) is 13.6. The molecule has 0 radical (unpaired) electrons. The molecule has 16 rings (SSSR count). The van der Waals surface area contributed by atoms with E-state index in [1.165, 1.54) is 115 Å². The van der Waals surface area contributed by atoms with Crippen LogP contribution in [0.1, 0.15) is 56.3 Å². The third-order valence-electron chi connectivity index (χ3n) is 15.0. The minimum absolute atomic E-state index is 0.0254. The van der Waals surface area contributed by atoms with Gasteiger partial charge in [-0.05, 0) is 127 Å². The Labute approximate surface area is 390 Å². The highest BCUT2D eigenvalue weighted by molar-refractivity contribution is 7.25. The van der Waals surface area contributed by atoms with Crippen molar-refractivity contribution < 1.29 is 0 Å². The van der Waals surface area contributed by atoms with Crippen molar-refractivity contribution in [3.8, 4) is 50.6 Å². The first-order valence-electron chi connectivity index (χ1n) is 23.1. The molecule has 3 aliphatic carbocycles. The number of benzene rings is 9. The van der Waals surface area contributed by atoms with Crippen molar-refractivity contribution in [1.29, 1.82) is 5.26 Å². The van der Waals surface area contributed by atoms with Crippen LogP contribution in [0.15, 0.2) is 194 Å². The maximum Gasteiger partial charge on any atom is 0.125 e. The molecule has 67 heavy (non-hydrogen) atoms. The van der Waals surface area contributed by atoms with Gasteiger partial charge in [-0.1, -0.05) is 151 Å². The third kappa shape index (κ3) is 4.96. The molecule has 0 aliphatic heterocycles. The highest BCUT2D eigenvalue weighted by Gasteiger charge is 2.44. The second-order valence-corrected chi connectivity index (χ2v) is 19.5. The first kappa shape index (κ1) is 36.9. The zero-order valence-corrected chi connectivity index (χ0v) is 37.2. The number of nitriles is 1. The molecule has 0 fully saturated rings. The number of hydrogen-bond acceptors (Lipinski definition) is 3. The average Bonchev–Trinajstić information content (AvgIpc) is 4.05. The van der Waals surface area contributed by atoms with Crippen molar-refractivity contribution >= 4 is 69.7 Å². The van der Waals surface area contributed by atoms with E-state index in [9.17, 15) is 5.26 Å². The quantitative estimate of drug-likeness (QED) is 0.177. The van der Waals surface area contributed by atoms with Gasteiger partial charge in [0, 0.05) is 48.9 Å². The minimum Gasteiger partial charge on any atom is -0.306 e. The number of aryl methyl sites for hydroxylation is 1. The minimum atomic E-state index is -0.0377. The van der Waals surface area contributed by atoms with E-state index in [1.807, 2.05) is 0 Å². The van der Waals surface area contributed by atoms with Crippen molar-refractivity contribution in [3.05, 3.63) is 239 Å². The molecule has 2 bridgehead atoms. The van der Waals surface area contributed by atoms with E-state index in [0.29, 0.717) is 0 Å². The molecule has 0 unspecified atom stereocenters. The van der Waals surface area contributed by atoms with E-state index >= 15 is 0 Å². The summed E-state index contributed by atoms with van der Waals surface area (Å²) in [6.45, 7) is 2.18. The van der Waals surface area contributed by atoms with E-state index in [-0.39, 0.29) is 11.8 Å². The fourth-order valence-corrected chi connectivity index (χ4v) is 13.4. The molecule has 4 heteroatoms. The molecule has 310 valence electrons. The Hall–Kier alpha value is -8.36. The lowest BCUT2D eigenvalue weighted by Gasteiger charge is -2.43. The third-order valence-corrected chi connectivity index (χ3v) is 16.1. The van der Waals surface area contributed by atoms with Gasteiger partial charge in [-0.2, -0.15) is 5.26 Å². The van der Waals surface area contributed by atoms with Crippen LogP contribution in [0.3, 0.4) is 0 Å². The van der Waals surface area contributed by atoms with Gasteiger partial charge in [0.05, 0.1) is 34.4 Å². The summed E-state index contributed by atoms with van der Waals surface area (Å²) in [5, 5.41) is 18.6. The van der Waals surface area contributed by atoms with Crippen molar-refractivity contribution in [2.45, 2.75) is 18.8 Å². The Morgan fingerprint density at radius 3 is 1.64 bits per heavy atom. The molecule has 13 aromatic rings. The number of fused-ring (bicyclic) bond motifs is 10. The van der Waals surface area contributed by atoms with E-state index in [4.69, 9.17) is 4.98 Å². The molecule has 0 N–H and O–H groups in total. The Morgan fingerprint density at radius 2 is 1.04 bits per heavy atom. The zero-order valence-electron chi connectivity index (χ0n) is 36.4. The SMILES string of the molecule is Cc1ccc2sc3ncc4c(c5cc(-c6c(-c7ccccc7)cc(-c7ccccc7)cc6-c6ccccc6)cc6c7c8c(c(C#N)cc7n4c65)C4c5ccccc5C8c5ccccc54)c3c2c1. The molecule has 0 saturated carbocycles. The molecule has 0 saturated heterocycles. The Balaban J connectivity index is 1.17. The number of hydrogen-bond donors (Lipinski definition) is 0. The molecular formula is C63H37N3S. The molecule has 4 aromatic heterocycles. The number of aromatic nitrogens is 2. The molecule has 3 aliphatic rings. The lowest BCUT2D eigenvalue weighted by molar-refractivity contribution is 0.759. The lowest BCUT2D eigenvalue weighted by Crippen LogP contribution is -2.28. The first-order chi connectivity index (χ1) is 33.1. The largest absolute Gasteiger partial charge is 0.306 e. The molecule has 9 aromatic carbocycles. The van der Waals surface area contributed by atoms with Crippen molar-refractivity contribution in [1.82, 2.24) is 9.38 Å². The maximum absolute atomic E-state index is 11.3. The molecule has 0 amide bonds. The van der Waals surface area contributed by atoms with Gasteiger partial charge in [-0.25, -0.2) is 4.98 Å². The summed E-state index contributed by atoms with van der Waals surface area (Å²) < 4.78 is 3.69. The topological polar surface area (TPSA) is 41.1 Å². The van der Waals surface area contributed by atoms with E-state index in [2.05, 4.69) is 212 Å². The Morgan fingerprint density at radius 1 is 0.493 bits per heavy atom. The predicted octanol–water partition coefficient (Wildman–Crippen LogP) is 16.4. The van der Waals surface area contributed by atoms with Gasteiger partial charge in [-0.3, -0.25) is 0 Å². The van der Waals surface area contributed by atoms with Gasteiger partial charge in [0.2, 0.25) is 0 Å². The normalized spacial score (nSPS) is 14.9. The van der Waals surface area contributed by atoms with Crippen molar-refractivity contribution in [2.24, 2.45) is 0 Å². The van der Waals surface area contributed by atoms with Gasteiger partial charge in [0.15, 0.2) is 0 Å². The van der Waals surface area contributed by atoms with Crippen molar-refractivity contribution in [2.75, 3.05) is 0 Å². The van der Waals surface area contributed by atoms with Crippen LogP contribution in [0.25, 0.3) is 103 Å². The number of thiophene rings is 1. The summed E-state index contributed by atoms with van der Waals surface area (Å²) in [7, 11) is 0. The van der Waals surface area contributed by atoms with Crippen LogP contribution < -0.4 is 0 Å². The van der Waals surface area contributed by atoms with Crippen LogP contribution in [-0.2, 0) is 0 Å². The van der Waals surface area contributed by atoms with Crippen LogP contribution in [0.4, 0.5) is 0 Å². The second-order valence-electron chi connectivity index (χ2n) is 18.5. The van der Waals surface area contributed by atoms with E-state index in [1.54, 1.807) is 11.3 Å². The van der Waals surface area contributed by atoms with E-state index < -0.39 is 0 Å². The van der Waals surface area contributed by atoms with Crippen LogP contribution in [0.5, 0.6) is 0 Å². The lowest BCUT2D eigenvalue weighted by atomic mass is 9.59. The highest BCUT2D eigenvalue weighted by atomic mass is 32.1. The summed E-state index contributed by atoms with van der Waals surface area (Å²) in [5.74, 6) is -0.0631. The van der Waals surface area contributed by atoms with Crippen LogP contribution >= 0.6 is 11.3 Å². The molecule has 0 atom stereocenters. The summed E-state index contributed by atoms with van der Waals surface area (Å²) in [6.07, 6.45) is 2.10. The molecule has 0 spiro atoms.